The molecule has 0 bridgehead atoms. The second-order valence-electron chi connectivity index (χ2n) is 6.33. The number of nitrogens with one attached hydrogen (secondary N) is 1. The van der Waals surface area contributed by atoms with E-state index in [1.165, 1.54) is 22.9 Å². The number of amides is 1. The zero-order chi connectivity index (χ0) is 18.5. The van der Waals surface area contributed by atoms with E-state index in [1.54, 1.807) is 6.20 Å². The number of nitrogens with zero attached hydrogens (tertiary/aromatic N) is 2. The number of hydrogen-bond donors (Lipinski definition) is 1. The third-order valence-corrected chi connectivity index (χ3v) is 5.27. The zero-order valence-corrected chi connectivity index (χ0v) is 16.1. The van der Waals surface area contributed by atoms with Crippen molar-refractivity contribution in [1.82, 2.24) is 14.9 Å². The van der Waals surface area contributed by atoms with Gasteiger partial charge in [0.15, 0.2) is 5.16 Å². The number of carbonyl (C=O) groups is 1. The van der Waals surface area contributed by atoms with Gasteiger partial charge in [-0.15, -0.1) is 0 Å². The molecule has 0 saturated heterocycles. The summed E-state index contributed by atoms with van der Waals surface area (Å²) in [4.78, 5) is 16.9. The highest BCUT2D eigenvalue weighted by molar-refractivity contribution is 8.00. The molecule has 1 atom stereocenters. The van der Waals surface area contributed by atoms with Crippen LogP contribution in [0.4, 0.5) is 0 Å². The van der Waals surface area contributed by atoms with Gasteiger partial charge in [0.05, 0.1) is 10.9 Å². The van der Waals surface area contributed by atoms with Gasteiger partial charge in [-0.3, -0.25) is 9.36 Å². The van der Waals surface area contributed by atoms with E-state index >= 15 is 0 Å². The Morgan fingerprint density at radius 1 is 1.19 bits per heavy atom. The molecule has 0 fully saturated rings. The number of imidazole rings is 1. The first kappa shape index (κ1) is 18.3. The van der Waals surface area contributed by atoms with Crippen LogP contribution in [0.1, 0.15) is 23.6 Å². The van der Waals surface area contributed by atoms with Gasteiger partial charge >= 0.3 is 0 Å². The van der Waals surface area contributed by atoms with E-state index in [9.17, 15) is 4.79 Å². The highest BCUT2D eigenvalue weighted by atomic mass is 32.2. The summed E-state index contributed by atoms with van der Waals surface area (Å²) in [6.07, 6.45) is 3.72. The Bertz CT molecular complexity index is 889. The van der Waals surface area contributed by atoms with Crippen LogP contribution in [0.2, 0.25) is 0 Å². The van der Waals surface area contributed by atoms with Crippen molar-refractivity contribution in [3.8, 4) is 5.69 Å². The lowest BCUT2D eigenvalue weighted by molar-refractivity contribution is -0.120. The molecule has 0 aliphatic rings. The van der Waals surface area contributed by atoms with E-state index in [0.717, 1.165) is 16.4 Å². The molecule has 0 aliphatic carbocycles. The van der Waals surface area contributed by atoms with Crippen molar-refractivity contribution < 1.29 is 4.79 Å². The number of hydrogen-bond acceptors (Lipinski definition) is 3. The second-order valence-corrected chi connectivity index (χ2v) is 7.64. The maximum absolute atomic E-state index is 12.4. The van der Waals surface area contributed by atoms with Crippen LogP contribution in [0.5, 0.6) is 0 Å². The van der Waals surface area contributed by atoms with E-state index in [4.69, 9.17) is 0 Å². The van der Waals surface area contributed by atoms with Gasteiger partial charge in [0, 0.05) is 18.9 Å². The summed E-state index contributed by atoms with van der Waals surface area (Å²) in [6, 6.07) is 16.3. The lowest BCUT2D eigenvalue weighted by Gasteiger charge is -2.15. The molecule has 3 rings (SSSR count). The van der Waals surface area contributed by atoms with Crippen LogP contribution < -0.4 is 5.32 Å². The topological polar surface area (TPSA) is 46.9 Å². The Labute approximate surface area is 158 Å². The quantitative estimate of drug-likeness (QED) is 0.663. The van der Waals surface area contributed by atoms with E-state index in [-0.39, 0.29) is 11.2 Å². The fraction of sp³-hybridized carbons (Fsp3) is 0.238. The van der Waals surface area contributed by atoms with Crippen molar-refractivity contribution in [2.24, 2.45) is 0 Å². The lowest BCUT2D eigenvalue weighted by Crippen LogP contribution is -2.30. The summed E-state index contributed by atoms with van der Waals surface area (Å²) >= 11 is 1.47. The molecule has 5 heteroatoms. The van der Waals surface area contributed by atoms with E-state index in [1.807, 2.05) is 48.0 Å². The average Bonchev–Trinajstić information content (AvgIpc) is 3.10. The minimum Gasteiger partial charge on any atom is -0.351 e. The van der Waals surface area contributed by atoms with Crippen LogP contribution in [-0.2, 0) is 11.3 Å². The Morgan fingerprint density at radius 3 is 2.73 bits per heavy atom. The van der Waals surface area contributed by atoms with Crippen molar-refractivity contribution in [2.75, 3.05) is 0 Å². The van der Waals surface area contributed by atoms with Gasteiger partial charge in [-0.2, -0.15) is 0 Å². The van der Waals surface area contributed by atoms with Crippen molar-refractivity contribution in [2.45, 2.75) is 37.7 Å². The summed E-state index contributed by atoms with van der Waals surface area (Å²) in [5.41, 5.74) is 4.57. The predicted molar refractivity (Wildman–Crippen MR) is 107 cm³/mol. The summed E-state index contributed by atoms with van der Waals surface area (Å²) in [7, 11) is 0. The van der Waals surface area contributed by atoms with Gasteiger partial charge in [-0.25, -0.2) is 4.98 Å². The highest BCUT2D eigenvalue weighted by Gasteiger charge is 2.18. The molecule has 4 nitrogen and oxygen atoms in total. The number of thioether (sulfide) groups is 1. The molecule has 0 unspecified atom stereocenters. The van der Waals surface area contributed by atoms with Crippen LogP contribution in [0.3, 0.4) is 0 Å². The maximum atomic E-state index is 12.4. The third-order valence-electron chi connectivity index (χ3n) is 4.19. The summed E-state index contributed by atoms with van der Waals surface area (Å²) in [5, 5.41) is 3.58. The number of aromatic nitrogens is 2. The van der Waals surface area contributed by atoms with Crippen molar-refractivity contribution in [3.63, 3.8) is 0 Å². The molecular formula is C21H23N3OS. The lowest BCUT2D eigenvalue weighted by atomic mass is 10.1. The van der Waals surface area contributed by atoms with Gasteiger partial charge in [-0.05, 0) is 43.5 Å². The molecule has 26 heavy (non-hydrogen) atoms. The number of benzene rings is 2. The predicted octanol–water partition coefficient (Wildman–Crippen LogP) is 4.29. The van der Waals surface area contributed by atoms with Crippen molar-refractivity contribution in [1.29, 1.82) is 0 Å². The van der Waals surface area contributed by atoms with Crippen molar-refractivity contribution in [3.05, 3.63) is 77.6 Å². The number of rotatable bonds is 6. The standard InChI is InChI=1S/C21H23N3OS/c1-15-9-10-16(2)19(13-15)24-12-11-22-21(24)26-17(3)20(25)23-14-18-7-5-4-6-8-18/h4-13,17H,14H2,1-3H3,(H,23,25)/t17-/m1/s1. The first-order chi connectivity index (χ1) is 12.5. The molecule has 0 saturated carbocycles. The molecule has 2 aromatic carbocycles. The van der Waals surface area contributed by atoms with Gasteiger partial charge in [0.25, 0.3) is 0 Å². The van der Waals surface area contributed by atoms with E-state index in [2.05, 4.69) is 42.3 Å². The minimum absolute atomic E-state index is 0.00867. The first-order valence-corrected chi connectivity index (χ1v) is 9.52. The molecule has 0 radical (unpaired) electrons. The van der Waals surface area contributed by atoms with Crippen LogP contribution >= 0.6 is 11.8 Å². The zero-order valence-electron chi connectivity index (χ0n) is 15.3. The third kappa shape index (κ3) is 4.35. The first-order valence-electron chi connectivity index (χ1n) is 8.64. The Morgan fingerprint density at radius 2 is 1.96 bits per heavy atom. The molecule has 134 valence electrons. The number of aryl methyl sites for hydroxylation is 2. The molecule has 0 aliphatic heterocycles. The van der Waals surface area contributed by atoms with Crippen LogP contribution in [-0.4, -0.2) is 20.7 Å². The summed E-state index contributed by atoms with van der Waals surface area (Å²) in [5.74, 6) is 0.00867. The smallest absolute Gasteiger partial charge is 0.233 e. The fourth-order valence-electron chi connectivity index (χ4n) is 2.68. The fourth-order valence-corrected chi connectivity index (χ4v) is 3.58. The molecule has 3 aromatic rings. The minimum atomic E-state index is -0.232. The molecule has 0 spiro atoms. The molecule has 1 heterocycles. The van der Waals surface area contributed by atoms with Crippen LogP contribution in [0.15, 0.2) is 66.1 Å². The van der Waals surface area contributed by atoms with E-state index < -0.39 is 0 Å². The monoisotopic (exact) mass is 365 g/mol. The molecule has 1 N–H and O–H groups in total. The van der Waals surface area contributed by atoms with Gasteiger partial charge < -0.3 is 5.32 Å². The molecule has 1 aromatic heterocycles. The number of carbonyl (C=O) groups excluding carboxylic acids is 1. The Kier molecular flexibility index (Phi) is 5.78. The van der Waals surface area contributed by atoms with Gasteiger partial charge in [0.1, 0.15) is 0 Å². The van der Waals surface area contributed by atoms with Crippen LogP contribution in [0.25, 0.3) is 5.69 Å². The molecule has 1 amide bonds. The average molecular weight is 366 g/mol. The normalized spacial score (nSPS) is 12.0. The van der Waals surface area contributed by atoms with Gasteiger partial charge in [0.2, 0.25) is 5.91 Å². The Hall–Kier alpha value is -2.53. The second kappa shape index (κ2) is 8.23. The SMILES string of the molecule is Cc1ccc(C)c(-n2ccnc2S[C@H](C)C(=O)NCc2ccccc2)c1. The van der Waals surface area contributed by atoms with Crippen LogP contribution in [0, 0.1) is 13.8 Å². The van der Waals surface area contributed by atoms with E-state index in [0.29, 0.717) is 6.54 Å². The molecular weight excluding hydrogens is 342 g/mol. The highest BCUT2D eigenvalue weighted by Crippen LogP contribution is 2.26. The summed E-state index contributed by atoms with van der Waals surface area (Å²) in [6.45, 7) is 6.61. The van der Waals surface area contributed by atoms with Gasteiger partial charge in [-0.1, -0.05) is 54.2 Å². The maximum Gasteiger partial charge on any atom is 0.233 e. The Balaban J connectivity index is 1.68. The largest absolute Gasteiger partial charge is 0.351 e. The van der Waals surface area contributed by atoms with Crippen molar-refractivity contribution >= 4 is 17.7 Å². The summed E-state index contributed by atoms with van der Waals surface area (Å²) < 4.78 is 2.05.